The van der Waals surface area contributed by atoms with Gasteiger partial charge in [-0.1, -0.05) is 31.2 Å². The molecule has 0 fully saturated rings. The Balaban J connectivity index is 0.806. The van der Waals surface area contributed by atoms with Crippen molar-refractivity contribution in [1.82, 2.24) is 10.6 Å². The lowest BCUT2D eigenvalue weighted by atomic mass is 10.1. The molecule has 5 rings (SSSR count). The number of aliphatic imine (C=N–C) groups is 1. The number of ether oxygens (including phenoxy) is 5. The number of benzene rings is 4. The van der Waals surface area contributed by atoms with Crippen molar-refractivity contribution in [3.63, 3.8) is 0 Å². The number of amides is 3. The summed E-state index contributed by atoms with van der Waals surface area (Å²) in [5, 5.41) is 24.1. The monoisotopic (exact) mass is 947 g/mol. The number of ketones is 1. The maximum absolute atomic E-state index is 13.1. The normalized spacial score (nSPS) is 12.9. The van der Waals surface area contributed by atoms with Crippen molar-refractivity contribution in [2.45, 2.75) is 46.0 Å². The fourth-order valence-corrected chi connectivity index (χ4v) is 6.98. The first-order chi connectivity index (χ1) is 33.6. The number of hydrogen-bond acceptors (Lipinski definition) is 13. The van der Waals surface area contributed by atoms with Gasteiger partial charge >= 0.3 is 0 Å². The number of nitrogens with two attached hydrogens (primary N) is 1. The second-order valence-electron chi connectivity index (χ2n) is 15.9. The van der Waals surface area contributed by atoms with E-state index in [4.69, 9.17) is 29.4 Å². The topological polar surface area (TPSA) is 225 Å². The van der Waals surface area contributed by atoms with E-state index in [0.29, 0.717) is 152 Å². The van der Waals surface area contributed by atoms with Crippen LogP contribution in [0.2, 0.25) is 0 Å². The van der Waals surface area contributed by atoms with Gasteiger partial charge in [0.05, 0.1) is 58.5 Å². The molecule has 0 aliphatic carbocycles. The van der Waals surface area contributed by atoms with Crippen molar-refractivity contribution in [2.75, 3.05) is 97.1 Å². The highest BCUT2D eigenvalue weighted by molar-refractivity contribution is 6.13. The highest BCUT2D eigenvalue weighted by Crippen LogP contribution is 2.32. The van der Waals surface area contributed by atoms with Gasteiger partial charge in [-0.15, -0.1) is 5.11 Å². The van der Waals surface area contributed by atoms with Gasteiger partial charge in [0.15, 0.2) is 5.78 Å². The Labute approximate surface area is 404 Å². The number of azo groups is 1. The quantitative estimate of drug-likeness (QED) is 0.0174. The SMILES string of the molecule is CCCN1C(=NC(=O)c2cccc(C(C)=O)c2)Cc2cc(/C=C/C(=O)NCCCOCCOCCOCCOCCOCCCNC(=O)c3ccc(N=Nc4cc(CCN)ccc4O)cc3)ccc21. The highest BCUT2D eigenvalue weighted by atomic mass is 16.6. The molecular weight excluding hydrogens is 883 g/mol. The van der Waals surface area contributed by atoms with E-state index in [2.05, 4.69) is 37.7 Å². The average Bonchev–Trinajstić information content (AvgIpc) is 3.69. The van der Waals surface area contributed by atoms with Crippen LogP contribution in [0.1, 0.15) is 80.9 Å². The van der Waals surface area contributed by atoms with Crippen LogP contribution < -0.4 is 21.3 Å². The Morgan fingerprint density at radius 2 is 1.36 bits per heavy atom. The molecule has 0 atom stereocenters. The first kappa shape index (κ1) is 53.5. The third kappa shape index (κ3) is 18.9. The van der Waals surface area contributed by atoms with E-state index in [1.807, 2.05) is 18.2 Å². The third-order valence-electron chi connectivity index (χ3n) is 10.6. The Morgan fingerprint density at radius 1 is 0.725 bits per heavy atom. The molecule has 0 aromatic heterocycles. The van der Waals surface area contributed by atoms with E-state index < -0.39 is 0 Å². The summed E-state index contributed by atoms with van der Waals surface area (Å²) < 4.78 is 27.8. The summed E-state index contributed by atoms with van der Waals surface area (Å²) in [6, 6.07) is 24.4. The summed E-state index contributed by atoms with van der Waals surface area (Å²) in [4.78, 5) is 56.3. The van der Waals surface area contributed by atoms with Gasteiger partial charge in [-0.25, -0.2) is 0 Å². The van der Waals surface area contributed by atoms with Crippen LogP contribution in [-0.4, -0.2) is 127 Å². The summed E-state index contributed by atoms with van der Waals surface area (Å²) in [7, 11) is 0. The molecule has 0 radical (unpaired) electrons. The number of rotatable bonds is 31. The molecule has 1 aliphatic rings. The maximum atomic E-state index is 13.1. The number of nitrogens with one attached hydrogen (secondary N) is 2. The number of carbonyl (C=O) groups excluding carboxylic acids is 4. The molecule has 0 unspecified atom stereocenters. The van der Waals surface area contributed by atoms with Crippen LogP contribution in [0.4, 0.5) is 17.1 Å². The maximum Gasteiger partial charge on any atom is 0.278 e. The molecule has 4 aromatic carbocycles. The van der Waals surface area contributed by atoms with Gasteiger partial charge in [-0.3, -0.25) is 19.2 Å². The van der Waals surface area contributed by atoms with Gasteiger partial charge in [0.25, 0.3) is 11.8 Å². The smallest absolute Gasteiger partial charge is 0.278 e. The lowest BCUT2D eigenvalue weighted by Gasteiger charge is -2.19. The first-order valence-electron chi connectivity index (χ1n) is 23.4. The zero-order valence-electron chi connectivity index (χ0n) is 39.7. The van der Waals surface area contributed by atoms with Crippen molar-refractivity contribution < 1.29 is 48.0 Å². The molecule has 368 valence electrons. The Hall–Kier alpha value is -6.47. The minimum absolute atomic E-state index is 0.0304. The molecule has 0 spiro atoms. The fourth-order valence-electron chi connectivity index (χ4n) is 6.98. The number of anilines is 1. The molecule has 0 bridgehead atoms. The van der Waals surface area contributed by atoms with Crippen molar-refractivity contribution in [3.8, 4) is 5.75 Å². The fraction of sp³-hybridized carbons (Fsp3) is 0.404. The molecule has 69 heavy (non-hydrogen) atoms. The van der Waals surface area contributed by atoms with Gasteiger partial charge in [0.1, 0.15) is 17.3 Å². The zero-order chi connectivity index (χ0) is 49.1. The molecule has 17 nitrogen and oxygen atoms in total. The lowest BCUT2D eigenvalue weighted by molar-refractivity contribution is -0.116. The Bertz CT molecular complexity index is 2370. The number of aromatic hydroxyl groups is 1. The standard InChI is InChI=1S/C52H65N7O10/c1-3-23-59-47-16-9-39(34-44(47)37-49(59)56-52(64)43-8-4-7-42(36-43)38(2)60)11-18-50(62)54-21-5-24-65-26-28-67-30-32-69-33-31-68-29-27-66-25-6-22-55-51(63)41-12-14-45(15-13-41)57-58-46-35-40(19-20-53)10-17-48(46)61/h4,7-18,34-36,61H,3,5-6,19-33,37,53H2,1-2H3,(H,54,62)(H,55,63)/b18-11+,56-49?,58-57?. The summed E-state index contributed by atoms with van der Waals surface area (Å²) >= 11 is 0. The second kappa shape index (κ2) is 30.1. The Morgan fingerprint density at radius 3 is 2.00 bits per heavy atom. The van der Waals surface area contributed by atoms with Crippen LogP contribution in [0.25, 0.3) is 6.08 Å². The van der Waals surface area contributed by atoms with Gasteiger partial charge in [0, 0.05) is 67.7 Å². The molecule has 0 saturated carbocycles. The largest absolute Gasteiger partial charge is 0.506 e. The van der Waals surface area contributed by atoms with Crippen molar-refractivity contribution in [1.29, 1.82) is 0 Å². The first-order valence-corrected chi connectivity index (χ1v) is 23.4. The van der Waals surface area contributed by atoms with Crippen LogP contribution >= 0.6 is 0 Å². The van der Waals surface area contributed by atoms with E-state index >= 15 is 0 Å². The summed E-state index contributed by atoms with van der Waals surface area (Å²) in [6.45, 7) is 10.2. The van der Waals surface area contributed by atoms with Crippen LogP contribution in [-0.2, 0) is 41.3 Å². The lowest BCUT2D eigenvalue weighted by Crippen LogP contribution is -2.28. The number of carbonyl (C=O) groups is 4. The van der Waals surface area contributed by atoms with E-state index in [1.54, 1.807) is 72.8 Å². The van der Waals surface area contributed by atoms with Crippen molar-refractivity contribution in [3.05, 3.63) is 124 Å². The number of phenols is 1. The number of Topliss-reactive ketones (excluding diaryl/α,β-unsaturated/α-hetero) is 1. The summed E-state index contributed by atoms with van der Waals surface area (Å²) in [5.41, 5.74) is 11.7. The van der Waals surface area contributed by atoms with Crippen LogP contribution in [0.3, 0.4) is 0 Å². The molecular formula is C52H65N7O10. The summed E-state index contributed by atoms with van der Waals surface area (Å²) in [6.07, 6.45) is 6.62. The van der Waals surface area contributed by atoms with E-state index in [0.717, 1.165) is 28.8 Å². The number of fused-ring (bicyclic) bond motifs is 1. The van der Waals surface area contributed by atoms with E-state index in [-0.39, 0.29) is 29.3 Å². The molecule has 4 aromatic rings. The Kier molecular flexibility index (Phi) is 23.3. The van der Waals surface area contributed by atoms with Gasteiger partial charge in [-0.05, 0) is 123 Å². The number of nitrogens with zero attached hydrogens (tertiary/aromatic N) is 4. The minimum atomic E-state index is -0.387. The predicted molar refractivity (Wildman–Crippen MR) is 265 cm³/mol. The minimum Gasteiger partial charge on any atom is -0.506 e. The molecule has 1 aliphatic heterocycles. The molecule has 0 saturated heterocycles. The predicted octanol–water partition coefficient (Wildman–Crippen LogP) is 6.95. The van der Waals surface area contributed by atoms with Crippen LogP contribution in [0, 0.1) is 0 Å². The number of amidine groups is 1. The highest BCUT2D eigenvalue weighted by Gasteiger charge is 2.26. The van der Waals surface area contributed by atoms with E-state index in [9.17, 15) is 24.3 Å². The average molecular weight is 948 g/mol. The summed E-state index contributed by atoms with van der Waals surface area (Å²) in [5.74, 6) is -0.201. The molecule has 5 N–H and O–H groups in total. The van der Waals surface area contributed by atoms with Crippen LogP contribution in [0.5, 0.6) is 5.75 Å². The molecule has 1 heterocycles. The van der Waals surface area contributed by atoms with Crippen molar-refractivity contribution in [2.24, 2.45) is 21.0 Å². The van der Waals surface area contributed by atoms with Gasteiger partial charge in [-0.2, -0.15) is 10.1 Å². The van der Waals surface area contributed by atoms with Crippen molar-refractivity contribution >= 4 is 52.5 Å². The van der Waals surface area contributed by atoms with Gasteiger partial charge in [0.2, 0.25) is 5.91 Å². The van der Waals surface area contributed by atoms with E-state index in [1.165, 1.54) is 13.0 Å². The van der Waals surface area contributed by atoms with Gasteiger partial charge < -0.3 is 50.1 Å². The zero-order valence-corrected chi connectivity index (χ0v) is 39.7. The number of hydrogen-bond donors (Lipinski definition) is 4. The third-order valence-corrected chi connectivity index (χ3v) is 10.6. The van der Waals surface area contributed by atoms with Crippen LogP contribution in [0.15, 0.2) is 106 Å². The molecule has 3 amide bonds. The second-order valence-corrected chi connectivity index (χ2v) is 15.9. The number of phenolic OH excluding ortho intramolecular Hbond substituents is 1. The molecule has 17 heteroatoms.